The van der Waals surface area contributed by atoms with Crippen molar-refractivity contribution in [1.82, 2.24) is 10.3 Å². The number of carbonyl (C=O) groups is 1. The van der Waals surface area contributed by atoms with E-state index in [2.05, 4.69) is 10.3 Å². The molecule has 1 aliphatic carbocycles. The third kappa shape index (κ3) is 1.52. The van der Waals surface area contributed by atoms with Crippen LogP contribution in [0, 0.1) is 11.3 Å². The molecule has 2 heterocycles. The number of Topliss-reactive ketones (excluding diaryl/α,β-unsaturated/α-hetero) is 1. The van der Waals surface area contributed by atoms with Crippen LogP contribution < -0.4 is 5.32 Å². The van der Waals surface area contributed by atoms with Crippen LogP contribution in [0.4, 0.5) is 0 Å². The molecule has 1 aromatic rings. The molecular weight excluding hydrogens is 208 g/mol. The lowest BCUT2D eigenvalue weighted by atomic mass is 9.90. The standard InChI is InChI=1S/C11H14N2OS/c14-10(9-6-15-7-13-9)8-5-11(8)1-3-12-4-2-11/h6-8,12H,1-5H2. The van der Waals surface area contributed by atoms with Crippen molar-refractivity contribution in [2.24, 2.45) is 11.3 Å². The van der Waals surface area contributed by atoms with E-state index < -0.39 is 0 Å². The smallest absolute Gasteiger partial charge is 0.185 e. The van der Waals surface area contributed by atoms with Gasteiger partial charge in [0.2, 0.25) is 0 Å². The van der Waals surface area contributed by atoms with Crippen molar-refractivity contribution in [3.63, 3.8) is 0 Å². The summed E-state index contributed by atoms with van der Waals surface area (Å²) in [5, 5.41) is 5.22. The van der Waals surface area contributed by atoms with Crippen LogP contribution in [0.2, 0.25) is 0 Å². The van der Waals surface area contributed by atoms with Crippen LogP contribution in [0.15, 0.2) is 10.9 Å². The van der Waals surface area contributed by atoms with Gasteiger partial charge in [0, 0.05) is 11.3 Å². The lowest BCUT2D eigenvalue weighted by molar-refractivity contribution is 0.0936. The van der Waals surface area contributed by atoms with E-state index in [-0.39, 0.29) is 11.7 Å². The Labute approximate surface area is 92.9 Å². The van der Waals surface area contributed by atoms with Crippen LogP contribution in [0.5, 0.6) is 0 Å². The molecule has 15 heavy (non-hydrogen) atoms. The number of nitrogens with zero attached hydrogens (tertiary/aromatic N) is 1. The lowest BCUT2D eigenvalue weighted by Gasteiger charge is -2.22. The monoisotopic (exact) mass is 222 g/mol. The highest BCUT2D eigenvalue weighted by Crippen LogP contribution is 2.59. The summed E-state index contributed by atoms with van der Waals surface area (Å²) in [5.74, 6) is 0.542. The average Bonchev–Trinajstić information content (AvgIpc) is 2.76. The van der Waals surface area contributed by atoms with Crippen LogP contribution in [-0.4, -0.2) is 23.9 Å². The highest BCUT2D eigenvalue weighted by molar-refractivity contribution is 7.07. The van der Waals surface area contributed by atoms with Gasteiger partial charge in [0.25, 0.3) is 0 Å². The number of carbonyl (C=O) groups excluding carboxylic acids is 1. The SMILES string of the molecule is O=C(c1cscn1)C1CC12CCNCC2. The second-order valence-electron chi connectivity index (χ2n) is 4.61. The molecule has 2 aliphatic rings. The highest BCUT2D eigenvalue weighted by atomic mass is 32.1. The Kier molecular flexibility index (Phi) is 2.14. The lowest BCUT2D eigenvalue weighted by Crippen LogP contribution is -2.30. The van der Waals surface area contributed by atoms with Gasteiger partial charge in [-0.15, -0.1) is 11.3 Å². The number of aromatic nitrogens is 1. The van der Waals surface area contributed by atoms with Gasteiger partial charge >= 0.3 is 0 Å². The van der Waals surface area contributed by atoms with E-state index in [1.807, 2.05) is 5.38 Å². The minimum absolute atomic E-state index is 0.265. The maximum absolute atomic E-state index is 12.1. The maximum Gasteiger partial charge on any atom is 0.185 e. The number of hydrogen-bond acceptors (Lipinski definition) is 4. The van der Waals surface area contributed by atoms with Gasteiger partial charge < -0.3 is 5.32 Å². The van der Waals surface area contributed by atoms with E-state index in [0.29, 0.717) is 11.1 Å². The number of ketones is 1. The maximum atomic E-state index is 12.1. The molecule has 0 radical (unpaired) electrons. The fraction of sp³-hybridized carbons (Fsp3) is 0.636. The summed E-state index contributed by atoms with van der Waals surface area (Å²) in [4.78, 5) is 16.2. The molecule has 1 N–H and O–H groups in total. The van der Waals surface area contributed by atoms with Crippen molar-refractivity contribution >= 4 is 17.1 Å². The Morgan fingerprint density at radius 1 is 1.53 bits per heavy atom. The zero-order valence-corrected chi connectivity index (χ0v) is 9.35. The van der Waals surface area contributed by atoms with Crippen LogP contribution in [0.25, 0.3) is 0 Å². The Hall–Kier alpha value is -0.740. The molecule has 0 aromatic carbocycles. The fourth-order valence-corrected chi connectivity index (χ4v) is 3.25. The molecule has 3 nitrogen and oxygen atoms in total. The predicted molar refractivity (Wildman–Crippen MR) is 59.1 cm³/mol. The van der Waals surface area contributed by atoms with E-state index in [1.165, 1.54) is 11.3 Å². The summed E-state index contributed by atoms with van der Waals surface area (Å²) < 4.78 is 0. The average molecular weight is 222 g/mol. The molecule has 4 heteroatoms. The number of rotatable bonds is 2. The molecule has 80 valence electrons. The molecule has 1 aromatic heterocycles. The molecule has 2 fully saturated rings. The zero-order chi connectivity index (χ0) is 10.3. The molecular formula is C11H14N2OS. The Bertz CT molecular complexity index is 368. The fourth-order valence-electron chi connectivity index (χ4n) is 2.71. The van der Waals surface area contributed by atoms with E-state index in [1.54, 1.807) is 5.51 Å². The van der Waals surface area contributed by atoms with Crippen LogP contribution in [0.3, 0.4) is 0 Å². The van der Waals surface area contributed by atoms with Crippen molar-refractivity contribution in [2.75, 3.05) is 13.1 Å². The molecule has 1 saturated carbocycles. The zero-order valence-electron chi connectivity index (χ0n) is 8.53. The summed E-state index contributed by atoms with van der Waals surface area (Å²) >= 11 is 1.50. The first-order valence-corrected chi connectivity index (χ1v) is 6.39. The van der Waals surface area contributed by atoms with Crippen molar-refractivity contribution in [1.29, 1.82) is 0 Å². The topological polar surface area (TPSA) is 42.0 Å². The van der Waals surface area contributed by atoms with E-state index in [0.717, 1.165) is 32.4 Å². The number of piperidine rings is 1. The first-order valence-electron chi connectivity index (χ1n) is 5.45. The Balaban J connectivity index is 1.73. The van der Waals surface area contributed by atoms with Crippen molar-refractivity contribution in [3.8, 4) is 0 Å². The first kappa shape index (κ1) is 9.48. The van der Waals surface area contributed by atoms with Gasteiger partial charge in [-0.1, -0.05) is 0 Å². The van der Waals surface area contributed by atoms with Crippen LogP contribution in [-0.2, 0) is 0 Å². The van der Waals surface area contributed by atoms with E-state index >= 15 is 0 Å². The van der Waals surface area contributed by atoms with Crippen LogP contribution in [0.1, 0.15) is 29.8 Å². The largest absolute Gasteiger partial charge is 0.317 e. The molecule has 0 amide bonds. The predicted octanol–water partition coefficient (Wildman–Crippen LogP) is 1.72. The number of thiazole rings is 1. The second kappa shape index (κ2) is 3.39. The Morgan fingerprint density at radius 2 is 2.33 bits per heavy atom. The molecule has 1 aliphatic heterocycles. The van der Waals surface area contributed by atoms with Gasteiger partial charge in [-0.3, -0.25) is 4.79 Å². The van der Waals surface area contributed by atoms with Crippen molar-refractivity contribution < 1.29 is 4.79 Å². The van der Waals surface area contributed by atoms with Gasteiger partial charge in [-0.2, -0.15) is 0 Å². The minimum atomic E-state index is 0.265. The Morgan fingerprint density at radius 3 is 3.00 bits per heavy atom. The second-order valence-corrected chi connectivity index (χ2v) is 5.33. The third-order valence-corrected chi connectivity index (χ3v) is 4.38. The highest BCUT2D eigenvalue weighted by Gasteiger charge is 2.57. The van der Waals surface area contributed by atoms with Gasteiger partial charge in [-0.25, -0.2) is 4.98 Å². The van der Waals surface area contributed by atoms with Gasteiger partial charge in [0.15, 0.2) is 5.78 Å². The first-order chi connectivity index (χ1) is 7.32. The summed E-state index contributed by atoms with van der Waals surface area (Å²) in [5.41, 5.74) is 2.76. The number of nitrogens with one attached hydrogen (secondary N) is 1. The van der Waals surface area contributed by atoms with Crippen molar-refractivity contribution in [2.45, 2.75) is 19.3 Å². The molecule has 3 rings (SSSR count). The molecule has 1 spiro atoms. The quantitative estimate of drug-likeness (QED) is 0.775. The summed E-state index contributed by atoms with van der Waals surface area (Å²) in [6.07, 6.45) is 3.41. The molecule has 1 unspecified atom stereocenters. The number of hydrogen-bond donors (Lipinski definition) is 1. The summed E-state index contributed by atoms with van der Waals surface area (Å²) in [7, 11) is 0. The molecule has 0 bridgehead atoms. The van der Waals surface area contributed by atoms with Crippen LogP contribution >= 0.6 is 11.3 Å². The minimum Gasteiger partial charge on any atom is -0.317 e. The molecule has 1 atom stereocenters. The summed E-state index contributed by atoms with van der Waals surface area (Å²) in [6, 6.07) is 0. The third-order valence-electron chi connectivity index (χ3n) is 3.79. The van der Waals surface area contributed by atoms with Gasteiger partial charge in [-0.05, 0) is 37.8 Å². The summed E-state index contributed by atoms with van der Waals surface area (Å²) in [6.45, 7) is 2.14. The van der Waals surface area contributed by atoms with E-state index in [4.69, 9.17) is 0 Å². The van der Waals surface area contributed by atoms with E-state index in [9.17, 15) is 4.79 Å². The van der Waals surface area contributed by atoms with Gasteiger partial charge in [0.05, 0.1) is 5.51 Å². The van der Waals surface area contributed by atoms with Crippen molar-refractivity contribution in [3.05, 3.63) is 16.6 Å². The normalized spacial score (nSPS) is 27.9. The molecule has 1 saturated heterocycles. The van der Waals surface area contributed by atoms with Gasteiger partial charge in [0.1, 0.15) is 5.69 Å².